The average molecular weight is 312 g/mol. The van der Waals surface area contributed by atoms with Crippen molar-refractivity contribution < 1.29 is 14.3 Å². The second-order valence-electron chi connectivity index (χ2n) is 3.77. The molecule has 0 aliphatic rings. The quantitative estimate of drug-likeness (QED) is 0.844. The van der Waals surface area contributed by atoms with Gasteiger partial charge in [-0.25, -0.2) is 4.98 Å². The summed E-state index contributed by atoms with van der Waals surface area (Å²) in [6, 6.07) is 0. The van der Waals surface area contributed by atoms with E-state index in [-0.39, 0.29) is 18.3 Å². The molecule has 2 aromatic heterocycles. The fraction of sp³-hybridized carbons (Fsp3) is 0.364. The van der Waals surface area contributed by atoms with E-state index in [0.29, 0.717) is 28.0 Å². The van der Waals surface area contributed by atoms with Crippen LogP contribution in [0.4, 0.5) is 5.13 Å². The summed E-state index contributed by atoms with van der Waals surface area (Å²) in [7, 11) is 0. The monoisotopic (exact) mass is 312 g/mol. The minimum atomic E-state index is -0.335. The predicted octanol–water partition coefficient (Wildman–Crippen LogP) is 1.66. The summed E-state index contributed by atoms with van der Waals surface area (Å²) in [6.45, 7) is 3.80. The first-order chi connectivity index (χ1) is 9.60. The van der Waals surface area contributed by atoms with Gasteiger partial charge in [0.25, 0.3) is 5.91 Å². The number of nitrogens with zero attached hydrogens (tertiary/aromatic N) is 3. The maximum Gasteiger partial charge on any atom is 0.311 e. The van der Waals surface area contributed by atoms with Crippen molar-refractivity contribution in [2.24, 2.45) is 0 Å². The zero-order valence-electron chi connectivity index (χ0n) is 10.9. The lowest BCUT2D eigenvalue weighted by Gasteiger charge is -1.99. The third-order valence-corrected chi connectivity index (χ3v) is 3.89. The molecule has 1 amide bonds. The number of nitrogens with one attached hydrogen (secondary N) is 1. The molecule has 0 saturated carbocycles. The van der Waals surface area contributed by atoms with Crippen molar-refractivity contribution in [2.75, 3.05) is 11.9 Å². The molecule has 0 aromatic carbocycles. The second kappa shape index (κ2) is 6.53. The highest BCUT2D eigenvalue weighted by Crippen LogP contribution is 2.18. The molecule has 106 valence electrons. The van der Waals surface area contributed by atoms with E-state index < -0.39 is 0 Å². The van der Waals surface area contributed by atoms with Gasteiger partial charge in [-0.3, -0.25) is 14.9 Å². The highest BCUT2D eigenvalue weighted by Gasteiger charge is 2.15. The van der Waals surface area contributed by atoms with Crippen molar-refractivity contribution >= 4 is 39.9 Å². The zero-order valence-corrected chi connectivity index (χ0v) is 12.5. The van der Waals surface area contributed by atoms with Crippen molar-refractivity contribution in [1.29, 1.82) is 0 Å². The number of hydrogen-bond acceptors (Lipinski definition) is 8. The van der Waals surface area contributed by atoms with Crippen LogP contribution < -0.4 is 5.32 Å². The predicted molar refractivity (Wildman–Crippen MR) is 75.1 cm³/mol. The summed E-state index contributed by atoms with van der Waals surface area (Å²) in [5, 5.41) is 8.58. The van der Waals surface area contributed by atoms with E-state index in [4.69, 9.17) is 4.74 Å². The van der Waals surface area contributed by atoms with Crippen LogP contribution in [0.15, 0.2) is 5.38 Å². The van der Waals surface area contributed by atoms with Gasteiger partial charge in [0.2, 0.25) is 0 Å². The molecule has 7 nitrogen and oxygen atoms in total. The van der Waals surface area contributed by atoms with E-state index in [1.54, 1.807) is 19.2 Å². The maximum absolute atomic E-state index is 11.9. The molecule has 2 heterocycles. The number of anilines is 1. The first-order valence-corrected chi connectivity index (χ1v) is 7.45. The molecule has 0 atom stereocenters. The van der Waals surface area contributed by atoms with Gasteiger partial charge < -0.3 is 4.74 Å². The van der Waals surface area contributed by atoms with Crippen LogP contribution in [0.5, 0.6) is 0 Å². The molecule has 9 heteroatoms. The second-order valence-corrected chi connectivity index (χ2v) is 5.38. The lowest BCUT2D eigenvalue weighted by molar-refractivity contribution is -0.142. The van der Waals surface area contributed by atoms with Crippen molar-refractivity contribution in [3.8, 4) is 0 Å². The van der Waals surface area contributed by atoms with E-state index in [0.717, 1.165) is 11.5 Å². The van der Waals surface area contributed by atoms with Crippen LogP contribution in [0.2, 0.25) is 0 Å². The Morgan fingerprint density at radius 2 is 2.25 bits per heavy atom. The highest BCUT2D eigenvalue weighted by molar-refractivity contribution is 7.14. The zero-order chi connectivity index (χ0) is 14.5. The Hall–Kier alpha value is -1.87. The molecule has 0 radical (unpaired) electrons. The van der Waals surface area contributed by atoms with Crippen LogP contribution in [0.3, 0.4) is 0 Å². The summed E-state index contributed by atoms with van der Waals surface area (Å²) in [6.07, 6.45) is 0.0986. The number of aryl methyl sites for hydroxylation is 1. The van der Waals surface area contributed by atoms with Crippen LogP contribution >= 0.6 is 22.9 Å². The minimum absolute atomic E-state index is 0.0986. The Morgan fingerprint density at radius 1 is 1.45 bits per heavy atom. The average Bonchev–Trinajstić information content (AvgIpc) is 2.99. The number of thiazole rings is 1. The molecule has 0 saturated heterocycles. The fourth-order valence-corrected chi connectivity index (χ4v) is 2.66. The van der Waals surface area contributed by atoms with E-state index >= 15 is 0 Å². The number of aromatic nitrogens is 3. The number of carbonyl (C=O) groups is 2. The molecular formula is C11H12N4O3S2. The van der Waals surface area contributed by atoms with Gasteiger partial charge in [0.1, 0.15) is 4.88 Å². The van der Waals surface area contributed by atoms with Gasteiger partial charge in [-0.2, -0.15) is 0 Å². The number of esters is 1. The van der Waals surface area contributed by atoms with Gasteiger partial charge in [-0.05, 0) is 25.4 Å². The fourth-order valence-electron chi connectivity index (χ4n) is 1.40. The van der Waals surface area contributed by atoms with Crippen LogP contribution in [-0.2, 0) is 16.0 Å². The van der Waals surface area contributed by atoms with Crippen molar-refractivity contribution in [2.45, 2.75) is 20.3 Å². The molecule has 2 aromatic rings. The number of carbonyl (C=O) groups excluding carboxylic acids is 2. The number of rotatable bonds is 5. The van der Waals surface area contributed by atoms with Crippen LogP contribution in [0, 0.1) is 6.92 Å². The Bertz CT molecular complexity index is 623. The smallest absolute Gasteiger partial charge is 0.311 e. The van der Waals surface area contributed by atoms with Gasteiger partial charge >= 0.3 is 5.97 Å². The van der Waals surface area contributed by atoms with Gasteiger partial charge in [-0.15, -0.1) is 16.4 Å². The normalized spacial score (nSPS) is 10.3. The third-order valence-electron chi connectivity index (χ3n) is 2.26. The molecule has 0 unspecified atom stereocenters. The van der Waals surface area contributed by atoms with Crippen LogP contribution in [-0.4, -0.2) is 33.1 Å². The molecule has 0 spiro atoms. The molecule has 1 N–H and O–H groups in total. The van der Waals surface area contributed by atoms with Crippen molar-refractivity contribution in [3.63, 3.8) is 0 Å². The molecule has 0 bridgehead atoms. The first kappa shape index (κ1) is 14.5. The van der Waals surface area contributed by atoms with E-state index in [1.807, 2.05) is 0 Å². The maximum atomic E-state index is 11.9. The molecule has 0 aliphatic heterocycles. The first-order valence-electron chi connectivity index (χ1n) is 5.80. The van der Waals surface area contributed by atoms with Crippen molar-refractivity contribution in [3.05, 3.63) is 21.6 Å². The molecule has 20 heavy (non-hydrogen) atoms. The Kier molecular flexibility index (Phi) is 4.74. The summed E-state index contributed by atoms with van der Waals surface area (Å²) in [4.78, 5) is 27.9. The molecule has 2 rings (SSSR count). The lowest BCUT2D eigenvalue weighted by Crippen LogP contribution is -2.12. The number of amides is 1. The largest absolute Gasteiger partial charge is 0.466 e. The Labute approximate surface area is 123 Å². The highest BCUT2D eigenvalue weighted by atomic mass is 32.1. The lowest BCUT2D eigenvalue weighted by atomic mass is 10.3. The Balaban J connectivity index is 1.98. The van der Waals surface area contributed by atoms with Crippen LogP contribution in [0.25, 0.3) is 0 Å². The topological polar surface area (TPSA) is 94.1 Å². The van der Waals surface area contributed by atoms with Gasteiger partial charge in [0.15, 0.2) is 5.13 Å². The SMILES string of the molecule is CCOC(=O)Cc1csc(NC(=O)c2snnc2C)n1. The number of hydrogen-bond donors (Lipinski definition) is 1. The summed E-state index contributed by atoms with van der Waals surface area (Å²) >= 11 is 2.28. The summed E-state index contributed by atoms with van der Waals surface area (Å²) < 4.78 is 8.54. The van der Waals surface area contributed by atoms with E-state index in [1.165, 1.54) is 11.3 Å². The van der Waals surface area contributed by atoms with Gasteiger partial charge in [0, 0.05) is 5.38 Å². The summed E-state index contributed by atoms with van der Waals surface area (Å²) in [5.74, 6) is -0.632. The Morgan fingerprint density at radius 3 is 2.90 bits per heavy atom. The van der Waals surface area contributed by atoms with Crippen molar-refractivity contribution in [1.82, 2.24) is 14.6 Å². The minimum Gasteiger partial charge on any atom is -0.466 e. The molecule has 0 aliphatic carbocycles. The molecular weight excluding hydrogens is 300 g/mol. The summed E-state index contributed by atoms with van der Waals surface area (Å²) in [5.41, 5.74) is 1.15. The van der Waals surface area contributed by atoms with Crippen LogP contribution in [0.1, 0.15) is 28.0 Å². The van der Waals surface area contributed by atoms with Gasteiger partial charge in [0.05, 0.1) is 24.4 Å². The van der Waals surface area contributed by atoms with Gasteiger partial charge in [-0.1, -0.05) is 4.49 Å². The van der Waals surface area contributed by atoms with E-state index in [2.05, 4.69) is 19.9 Å². The van der Waals surface area contributed by atoms with E-state index in [9.17, 15) is 9.59 Å². The third kappa shape index (κ3) is 3.58. The standard InChI is InChI=1S/C11H12N4O3S2/c1-3-18-8(16)4-7-5-19-11(12-7)13-10(17)9-6(2)14-15-20-9/h5H,3-4H2,1-2H3,(H,12,13,17). The number of ether oxygens (including phenoxy) is 1. The molecule has 0 fully saturated rings.